The Morgan fingerprint density at radius 1 is 1.30 bits per heavy atom. The molecule has 0 aromatic rings. The smallest absolute Gasteiger partial charge is 0.326 e. The number of aliphatic carboxylic acids is 1. The summed E-state index contributed by atoms with van der Waals surface area (Å²) in [5.74, 6) is -2.08. The van der Waals surface area contributed by atoms with E-state index in [1.807, 2.05) is 0 Å². The van der Waals surface area contributed by atoms with Gasteiger partial charge in [0.25, 0.3) is 0 Å². The molecule has 4 N–H and O–H groups in total. The molecule has 2 atom stereocenters. The molecule has 7 nitrogen and oxygen atoms in total. The number of carbonyl (C=O) groups is 3. The van der Waals surface area contributed by atoms with Crippen LogP contribution in [0.3, 0.4) is 0 Å². The number of primary amides is 1. The molecule has 0 aliphatic carbocycles. The number of ether oxygens (including phenoxy) is 1. The van der Waals surface area contributed by atoms with Crippen LogP contribution in [0, 0.1) is 0 Å². The highest BCUT2D eigenvalue weighted by atomic mass is 16.5. The van der Waals surface area contributed by atoms with E-state index in [2.05, 4.69) is 5.32 Å². The lowest BCUT2D eigenvalue weighted by molar-refractivity contribution is -0.142. The highest BCUT2D eigenvalue weighted by Gasteiger charge is 2.21. The maximum Gasteiger partial charge on any atom is 0.326 e. The molecule has 1 unspecified atom stereocenters. The molecule has 0 bridgehead atoms. The van der Waals surface area contributed by atoms with Crippen molar-refractivity contribution in [3.8, 4) is 0 Å². The molecule has 1 rings (SSSR count). The summed E-state index contributed by atoms with van der Waals surface area (Å²) in [5.41, 5.74) is 4.97. The molecule has 20 heavy (non-hydrogen) atoms. The molecule has 1 aliphatic rings. The van der Waals surface area contributed by atoms with Crippen molar-refractivity contribution in [1.29, 1.82) is 0 Å². The van der Waals surface area contributed by atoms with E-state index in [4.69, 9.17) is 15.6 Å². The minimum absolute atomic E-state index is 0.0103. The highest BCUT2D eigenvalue weighted by Crippen LogP contribution is 2.16. The Morgan fingerprint density at radius 3 is 2.60 bits per heavy atom. The average Bonchev–Trinajstić information content (AvgIpc) is 2.41. The summed E-state index contributed by atoms with van der Waals surface area (Å²) < 4.78 is 5.50. The summed E-state index contributed by atoms with van der Waals surface area (Å²) >= 11 is 0. The van der Waals surface area contributed by atoms with Crippen molar-refractivity contribution in [1.82, 2.24) is 5.32 Å². The first-order chi connectivity index (χ1) is 9.49. The van der Waals surface area contributed by atoms with E-state index >= 15 is 0 Å². The van der Waals surface area contributed by atoms with Gasteiger partial charge in [0.15, 0.2) is 0 Å². The van der Waals surface area contributed by atoms with Gasteiger partial charge in [-0.1, -0.05) is 0 Å². The minimum atomic E-state index is -1.16. The Hall–Kier alpha value is -1.63. The van der Waals surface area contributed by atoms with Crippen LogP contribution >= 0.6 is 0 Å². The van der Waals surface area contributed by atoms with Gasteiger partial charge in [0.1, 0.15) is 6.04 Å². The van der Waals surface area contributed by atoms with Gasteiger partial charge in [-0.2, -0.15) is 0 Å². The second kappa shape index (κ2) is 8.52. The number of hydrogen-bond donors (Lipinski definition) is 3. The predicted octanol–water partition coefficient (Wildman–Crippen LogP) is 0.171. The molecule has 2 amide bonds. The lowest BCUT2D eigenvalue weighted by Gasteiger charge is -2.22. The van der Waals surface area contributed by atoms with Gasteiger partial charge >= 0.3 is 5.97 Å². The number of nitrogens with two attached hydrogens (primary N) is 1. The first kappa shape index (κ1) is 16.4. The summed E-state index contributed by atoms with van der Waals surface area (Å²) in [6.07, 6.45) is 3.94. The van der Waals surface area contributed by atoms with Crippen LogP contribution in [0.5, 0.6) is 0 Å². The van der Waals surface area contributed by atoms with Crippen LogP contribution in [0.15, 0.2) is 0 Å². The number of hydrogen-bond acceptors (Lipinski definition) is 4. The van der Waals surface area contributed by atoms with Gasteiger partial charge in [0.05, 0.1) is 6.10 Å². The molecular formula is C13H22N2O5. The molecule has 7 heteroatoms. The SMILES string of the molecule is NC(=O)CC[C@@H](NC(=O)CCC1CCCCO1)C(=O)O. The number of carboxylic acid groups (broad SMARTS) is 1. The van der Waals surface area contributed by atoms with Crippen LogP contribution in [0.25, 0.3) is 0 Å². The van der Waals surface area contributed by atoms with Crippen molar-refractivity contribution in [2.45, 2.75) is 57.1 Å². The van der Waals surface area contributed by atoms with Gasteiger partial charge in [-0.25, -0.2) is 4.79 Å². The van der Waals surface area contributed by atoms with Gasteiger partial charge in [0.2, 0.25) is 11.8 Å². The molecule has 0 spiro atoms. The van der Waals surface area contributed by atoms with Gasteiger partial charge in [-0.15, -0.1) is 0 Å². The lowest BCUT2D eigenvalue weighted by atomic mass is 10.0. The van der Waals surface area contributed by atoms with Gasteiger partial charge in [0, 0.05) is 19.4 Å². The molecule has 1 aliphatic heterocycles. The van der Waals surface area contributed by atoms with Crippen molar-refractivity contribution in [2.24, 2.45) is 5.73 Å². The standard InChI is InChI=1S/C13H22N2O5/c14-11(16)6-5-10(13(18)19)15-12(17)7-4-9-3-1-2-8-20-9/h9-10H,1-8H2,(H2,14,16)(H,15,17)(H,18,19)/t9?,10-/m1/s1. The van der Waals surface area contributed by atoms with E-state index in [-0.39, 0.29) is 31.3 Å². The highest BCUT2D eigenvalue weighted by molar-refractivity contribution is 5.84. The Kier molecular flexibility index (Phi) is 7.00. The van der Waals surface area contributed by atoms with Gasteiger partial charge < -0.3 is 20.9 Å². The van der Waals surface area contributed by atoms with Gasteiger partial charge in [-0.3, -0.25) is 9.59 Å². The van der Waals surface area contributed by atoms with Crippen LogP contribution in [-0.4, -0.2) is 41.6 Å². The molecule has 0 saturated carbocycles. The Bertz CT molecular complexity index is 353. The molecule has 114 valence electrons. The maximum absolute atomic E-state index is 11.7. The fraction of sp³-hybridized carbons (Fsp3) is 0.769. The van der Waals surface area contributed by atoms with E-state index in [1.54, 1.807) is 0 Å². The van der Waals surface area contributed by atoms with Crippen molar-refractivity contribution in [3.63, 3.8) is 0 Å². The molecule has 1 saturated heterocycles. The molecule has 0 radical (unpaired) electrons. The molecular weight excluding hydrogens is 264 g/mol. The third-order valence-electron chi connectivity index (χ3n) is 3.28. The zero-order chi connectivity index (χ0) is 15.0. The van der Waals surface area contributed by atoms with Gasteiger partial charge in [-0.05, 0) is 32.1 Å². The second-order valence-corrected chi connectivity index (χ2v) is 4.99. The Morgan fingerprint density at radius 2 is 2.05 bits per heavy atom. The quantitative estimate of drug-likeness (QED) is 0.587. The minimum Gasteiger partial charge on any atom is -0.480 e. The Balaban J connectivity index is 2.29. The van der Waals surface area contributed by atoms with Crippen LogP contribution in [0.2, 0.25) is 0 Å². The van der Waals surface area contributed by atoms with Crippen LogP contribution in [-0.2, 0) is 19.1 Å². The number of nitrogens with one attached hydrogen (secondary N) is 1. The van der Waals surface area contributed by atoms with Crippen LogP contribution in [0.1, 0.15) is 44.9 Å². The number of rotatable bonds is 8. The summed E-state index contributed by atoms with van der Waals surface area (Å²) in [6, 6.07) is -1.07. The fourth-order valence-corrected chi connectivity index (χ4v) is 2.14. The van der Waals surface area contributed by atoms with E-state index in [1.165, 1.54) is 0 Å². The first-order valence-corrected chi connectivity index (χ1v) is 6.91. The molecule has 1 heterocycles. The zero-order valence-corrected chi connectivity index (χ0v) is 11.5. The topological polar surface area (TPSA) is 119 Å². The van der Waals surface area contributed by atoms with Crippen molar-refractivity contribution >= 4 is 17.8 Å². The van der Waals surface area contributed by atoms with Crippen LogP contribution in [0.4, 0.5) is 0 Å². The summed E-state index contributed by atoms with van der Waals surface area (Å²) in [4.78, 5) is 33.3. The van der Waals surface area contributed by atoms with Crippen molar-refractivity contribution in [3.05, 3.63) is 0 Å². The third-order valence-corrected chi connectivity index (χ3v) is 3.28. The number of carbonyl (C=O) groups excluding carboxylic acids is 2. The second-order valence-electron chi connectivity index (χ2n) is 4.99. The van der Waals surface area contributed by atoms with Crippen molar-refractivity contribution in [2.75, 3.05) is 6.61 Å². The first-order valence-electron chi connectivity index (χ1n) is 6.91. The van der Waals surface area contributed by atoms with E-state index in [0.717, 1.165) is 25.9 Å². The van der Waals surface area contributed by atoms with E-state index in [9.17, 15) is 14.4 Å². The molecule has 1 fully saturated rings. The largest absolute Gasteiger partial charge is 0.480 e. The summed E-state index contributed by atoms with van der Waals surface area (Å²) in [6.45, 7) is 0.725. The molecule has 0 aromatic heterocycles. The predicted molar refractivity (Wildman–Crippen MR) is 70.8 cm³/mol. The van der Waals surface area contributed by atoms with E-state index < -0.39 is 17.9 Å². The fourth-order valence-electron chi connectivity index (χ4n) is 2.14. The molecule has 0 aromatic carbocycles. The lowest BCUT2D eigenvalue weighted by Crippen LogP contribution is -2.41. The average molecular weight is 286 g/mol. The van der Waals surface area contributed by atoms with Crippen LogP contribution < -0.4 is 11.1 Å². The Labute approximate surface area is 117 Å². The number of carboxylic acids is 1. The maximum atomic E-state index is 11.7. The zero-order valence-electron chi connectivity index (χ0n) is 11.5. The monoisotopic (exact) mass is 286 g/mol. The summed E-state index contributed by atoms with van der Waals surface area (Å²) in [5, 5.41) is 11.4. The number of amides is 2. The van der Waals surface area contributed by atoms with Crippen molar-refractivity contribution < 1.29 is 24.2 Å². The summed E-state index contributed by atoms with van der Waals surface area (Å²) in [7, 11) is 0. The van der Waals surface area contributed by atoms with E-state index in [0.29, 0.717) is 6.42 Å². The third kappa shape index (κ3) is 6.51. The normalized spacial score (nSPS) is 20.1.